The summed E-state index contributed by atoms with van der Waals surface area (Å²) < 4.78 is 32.1. The number of methoxy groups -OCH3 is 1. The summed E-state index contributed by atoms with van der Waals surface area (Å²) in [5.41, 5.74) is 1.12. The van der Waals surface area contributed by atoms with Crippen LogP contribution in [0, 0.1) is 5.92 Å². The van der Waals surface area contributed by atoms with Crippen molar-refractivity contribution in [2.45, 2.75) is 32.7 Å². The van der Waals surface area contributed by atoms with Crippen LogP contribution < -0.4 is 14.8 Å². The molecule has 152 valence electrons. The van der Waals surface area contributed by atoms with Crippen LogP contribution in [0.5, 0.6) is 5.75 Å². The Morgan fingerprint density at radius 3 is 2.56 bits per heavy atom. The Balaban J connectivity index is 1.87. The van der Waals surface area contributed by atoms with E-state index in [0.717, 1.165) is 30.7 Å². The SMILES string of the molecule is CCNC(=NCCS(=O)(=O)NCC1CCC1)N(C)Cc1ccc(OC)cc1. The highest BCUT2D eigenvalue weighted by Gasteiger charge is 2.20. The second-order valence-electron chi connectivity index (χ2n) is 6.90. The first-order valence-electron chi connectivity index (χ1n) is 9.53. The molecule has 0 aliphatic heterocycles. The predicted molar refractivity (Wildman–Crippen MR) is 110 cm³/mol. The molecule has 0 saturated heterocycles. The van der Waals surface area contributed by atoms with E-state index in [1.165, 1.54) is 6.42 Å². The van der Waals surface area contributed by atoms with E-state index in [-0.39, 0.29) is 12.3 Å². The Morgan fingerprint density at radius 1 is 1.30 bits per heavy atom. The summed E-state index contributed by atoms with van der Waals surface area (Å²) >= 11 is 0. The van der Waals surface area contributed by atoms with Crippen LogP contribution in [0.15, 0.2) is 29.3 Å². The fraction of sp³-hybridized carbons (Fsp3) is 0.632. The number of guanidine groups is 1. The van der Waals surface area contributed by atoms with Crippen LogP contribution in [0.1, 0.15) is 31.7 Å². The second-order valence-corrected chi connectivity index (χ2v) is 8.83. The number of ether oxygens (including phenoxy) is 1. The molecule has 1 aromatic carbocycles. The normalized spacial score (nSPS) is 15.3. The van der Waals surface area contributed by atoms with Gasteiger partial charge >= 0.3 is 0 Å². The average molecular weight is 397 g/mol. The van der Waals surface area contributed by atoms with E-state index < -0.39 is 10.0 Å². The van der Waals surface area contributed by atoms with Crippen LogP contribution in [0.4, 0.5) is 0 Å². The molecular weight excluding hydrogens is 364 g/mol. The number of benzene rings is 1. The molecule has 7 nitrogen and oxygen atoms in total. The van der Waals surface area contributed by atoms with Crippen molar-refractivity contribution in [3.05, 3.63) is 29.8 Å². The molecule has 27 heavy (non-hydrogen) atoms. The molecule has 1 aliphatic carbocycles. The lowest BCUT2D eigenvalue weighted by atomic mass is 9.86. The summed E-state index contributed by atoms with van der Waals surface area (Å²) in [7, 11) is 0.312. The molecule has 1 aliphatic rings. The van der Waals surface area contributed by atoms with Gasteiger partial charge in [-0.2, -0.15) is 0 Å². The van der Waals surface area contributed by atoms with E-state index in [0.29, 0.717) is 25.0 Å². The molecule has 1 aromatic rings. The standard InChI is InChI=1S/C19H32N4O3S/c1-4-20-19(23(2)15-17-8-10-18(26-3)11-9-17)21-12-13-27(24,25)22-14-16-6-5-7-16/h8-11,16,22H,4-7,12-15H2,1-3H3,(H,20,21). The Bertz CT molecular complexity index is 700. The van der Waals surface area contributed by atoms with Gasteiger partial charge in [0.15, 0.2) is 5.96 Å². The molecule has 1 saturated carbocycles. The maximum Gasteiger partial charge on any atom is 0.213 e. The topological polar surface area (TPSA) is 83.0 Å². The Morgan fingerprint density at radius 2 is 2.00 bits per heavy atom. The van der Waals surface area contributed by atoms with Crippen LogP contribution in [0.2, 0.25) is 0 Å². The third-order valence-electron chi connectivity index (χ3n) is 4.71. The average Bonchev–Trinajstić information content (AvgIpc) is 2.60. The van der Waals surface area contributed by atoms with Gasteiger partial charge in [0.25, 0.3) is 0 Å². The van der Waals surface area contributed by atoms with Crippen molar-refractivity contribution in [3.63, 3.8) is 0 Å². The molecule has 0 amide bonds. The minimum Gasteiger partial charge on any atom is -0.497 e. The van der Waals surface area contributed by atoms with Crippen molar-refractivity contribution in [1.29, 1.82) is 0 Å². The van der Waals surface area contributed by atoms with Crippen LogP contribution in [-0.4, -0.2) is 58.8 Å². The number of nitrogens with zero attached hydrogens (tertiary/aromatic N) is 2. The molecule has 8 heteroatoms. The molecule has 0 heterocycles. The summed E-state index contributed by atoms with van der Waals surface area (Å²) in [6.45, 7) is 4.17. The minimum absolute atomic E-state index is 0.00495. The van der Waals surface area contributed by atoms with Gasteiger partial charge in [0.2, 0.25) is 10.0 Å². The molecule has 0 unspecified atom stereocenters. The zero-order valence-electron chi connectivity index (χ0n) is 16.6. The van der Waals surface area contributed by atoms with Crippen LogP contribution in [0.3, 0.4) is 0 Å². The fourth-order valence-corrected chi connectivity index (χ4v) is 3.80. The summed E-state index contributed by atoms with van der Waals surface area (Å²) in [5, 5.41) is 3.22. The Kier molecular flexibility index (Phi) is 8.37. The van der Waals surface area contributed by atoms with Crippen molar-refractivity contribution in [1.82, 2.24) is 14.9 Å². The summed E-state index contributed by atoms with van der Waals surface area (Å²) in [6.07, 6.45) is 3.46. The fourth-order valence-electron chi connectivity index (χ4n) is 2.84. The number of nitrogens with one attached hydrogen (secondary N) is 2. The molecule has 1 fully saturated rings. The lowest BCUT2D eigenvalue weighted by Gasteiger charge is -2.25. The van der Waals surface area contributed by atoms with Gasteiger partial charge in [-0.15, -0.1) is 0 Å². The van der Waals surface area contributed by atoms with Gasteiger partial charge in [-0.05, 0) is 43.4 Å². The molecule has 0 radical (unpaired) electrons. The first-order valence-corrected chi connectivity index (χ1v) is 11.2. The third-order valence-corrected chi connectivity index (χ3v) is 6.04. The summed E-state index contributed by atoms with van der Waals surface area (Å²) in [4.78, 5) is 6.46. The highest BCUT2D eigenvalue weighted by molar-refractivity contribution is 7.89. The van der Waals surface area contributed by atoms with Gasteiger partial charge in [0, 0.05) is 26.7 Å². The second kappa shape index (κ2) is 10.5. The molecule has 0 spiro atoms. The number of hydrogen-bond donors (Lipinski definition) is 2. The number of hydrogen-bond acceptors (Lipinski definition) is 4. The molecule has 0 atom stereocenters. The van der Waals surface area contributed by atoms with E-state index in [1.54, 1.807) is 7.11 Å². The smallest absolute Gasteiger partial charge is 0.213 e. The zero-order chi connectivity index (χ0) is 19.7. The van der Waals surface area contributed by atoms with Gasteiger partial charge in [0.1, 0.15) is 5.75 Å². The zero-order valence-corrected chi connectivity index (χ0v) is 17.4. The first kappa shape index (κ1) is 21.5. The van der Waals surface area contributed by atoms with Crippen LogP contribution in [-0.2, 0) is 16.6 Å². The van der Waals surface area contributed by atoms with Crippen molar-refractivity contribution in [2.75, 3.05) is 39.5 Å². The van der Waals surface area contributed by atoms with E-state index >= 15 is 0 Å². The van der Waals surface area contributed by atoms with E-state index in [4.69, 9.17) is 4.74 Å². The maximum absolute atomic E-state index is 12.1. The highest BCUT2D eigenvalue weighted by Crippen LogP contribution is 2.25. The first-order chi connectivity index (χ1) is 12.9. The monoisotopic (exact) mass is 396 g/mol. The lowest BCUT2D eigenvalue weighted by Crippen LogP contribution is -2.39. The highest BCUT2D eigenvalue weighted by atomic mass is 32.2. The molecule has 0 aromatic heterocycles. The Labute approximate surface area is 163 Å². The lowest BCUT2D eigenvalue weighted by molar-refractivity contribution is 0.316. The number of aliphatic imine (C=N–C) groups is 1. The largest absolute Gasteiger partial charge is 0.497 e. The Hall–Kier alpha value is -1.80. The molecule has 2 rings (SSSR count). The summed E-state index contributed by atoms with van der Waals surface area (Å²) in [6, 6.07) is 7.86. The molecular formula is C19H32N4O3S. The number of sulfonamides is 1. The van der Waals surface area contributed by atoms with Gasteiger partial charge in [0.05, 0.1) is 19.4 Å². The quantitative estimate of drug-likeness (QED) is 0.466. The number of rotatable bonds is 10. The third kappa shape index (κ3) is 7.38. The molecule has 2 N–H and O–H groups in total. The van der Waals surface area contributed by atoms with Crippen LogP contribution >= 0.6 is 0 Å². The van der Waals surface area contributed by atoms with E-state index in [1.807, 2.05) is 43.1 Å². The van der Waals surface area contributed by atoms with Gasteiger partial charge < -0.3 is 15.0 Å². The molecule has 0 bridgehead atoms. The minimum atomic E-state index is -3.27. The van der Waals surface area contributed by atoms with Crippen molar-refractivity contribution in [2.24, 2.45) is 10.9 Å². The van der Waals surface area contributed by atoms with Crippen molar-refractivity contribution < 1.29 is 13.2 Å². The van der Waals surface area contributed by atoms with Crippen molar-refractivity contribution in [3.8, 4) is 5.75 Å². The predicted octanol–water partition coefficient (Wildman–Crippen LogP) is 1.81. The van der Waals surface area contributed by atoms with Crippen LogP contribution in [0.25, 0.3) is 0 Å². The van der Waals surface area contributed by atoms with Gasteiger partial charge in [-0.1, -0.05) is 18.6 Å². The summed E-state index contributed by atoms with van der Waals surface area (Å²) in [5.74, 6) is 2.03. The van der Waals surface area contributed by atoms with Crippen molar-refractivity contribution >= 4 is 16.0 Å². The van der Waals surface area contributed by atoms with Gasteiger partial charge in [-0.25, -0.2) is 13.1 Å². The van der Waals surface area contributed by atoms with Gasteiger partial charge in [-0.3, -0.25) is 4.99 Å². The van der Waals surface area contributed by atoms with E-state index in [9.17, 15) is 8.42 Å². The maximum atomic E-state index is 12.1. The van der Waals surface area contributed by atoms with E-state index in [2.05, 4.69) is 15.0 Å².